The van der Waals surface area contributed by atoms with E-state index in [2.05, 4.69) is 10.6 Å². The second kappa shape index (κ2) is 4.94. The Morgan fingerprint density at radius 2 is 2.23 bits per heavy atom. The summed E-state index contributed by atoms with van der Waals surface area (Å²) in [5, 5.41) is 15.9. The fourth-order valence-electron chi connectivity index (χ4n) is 1.55. The number of piperidine rings is 1. The second-order valence-electron chi connectivity index (χ2n) is 4.57. The van der Waals surface area contributed by atoms with Gasteiger partial charge in [0.2, 0.25) is 0 Å². The van der Waals surface area contributed by atoms with Crippen molar-refractivity contribution in [3.63, 3.8) is 0 Å². The standard InChI is InChI=1S/C10H22N2O/c1-10(2,8-13)12-7-9-5-3-4-6-11-9/h9,11-13H,3-8H2,1-2H3. The highest BCUT2D eigenvalue weighted by atomic mass is 16.3. The summed E-state index contributed by atoms with van der Waals surface area (Å²) in [7, 11) is 0. The predicted molar refractivity (Wildman–Crippen MR) is 54.8 cm³/mol. The average Bonchev–Trinajstić information content (AvgIpc) is 2.17. The Hall–Kier alpha value is -0.120. The maximum atomic E-state index is 9.04. The molecule has 1 fully saturated rings. The monoisotopic (exact) mass is 186 g/mol. The van der Waals surface area contributed by atoms with E-state index in [1.54, 1.807) is 0 Å². The molecule has 0 amide bonds. The summed E-state index contributed by atoms with van der Waals surface area (Å²) in [6.45, 7) is 6.35. The minimum Gasteiger partial charge on any atom is -0.394 e. The zero-order valence-electron chi connectivity index (χ0n) is 8.77. The Morgan fingerprint density at radius 3 is 2.77 bits per heavy atom. The molecule has 0 aromatic carbocycles. The number of hydrogen-bond donors (Lipinski definition) is 3. The number of aliphatic hydroxyl groups is 1. The van der Waals surface area contributed by atoms with Gasteiger partial charge in [0.15, 0.2) is 0 Å². The Morgan fingerprint density at radius 1 is 1.46 bits per heavy atom. The molecular formula is C10H22N2O. The van der Waals surface area contributed by atoms with Gasteiger partial charge in [-0.25, -0.2) is 0 Å². The first kappa shape index (κ1) is 11.0. The normalized spacial score (nSPS) is 24.7. The third-order valence-corrected chi connectivity index (χ3v) is 2.63. The van der Waals surface area contributed by atoms with E-state index in [0.717, 1.165) is 13.1 Å². The molecular weight excluding hydrogens is 164 g/mol. The highest BCUT2D eigenvalue weighted by Gasteiger charge is 2.18. The number of nitrogens with one attached hydrogen (secondary N) is 2. The van der Waals surface area contributed by atoms with Gasteiger partial charge >= 0.3 is 0 Å². The number of hydrogen-bond acceptors (Lipinski definition) is 3. The van der Waals surface area contributed by atoms with Crippen LogP contribution < -0.4 is 10.6 Å². The summed E-state index contributed by atoms with van der Waals surface area (Å²) in [6, 6.07) is 0.597. The van der Waals surface area contributed by atoms with E-state index in [1.165, 1.54) is 19.3 Å². The van der Waals surface area contributed by atoms with Gasteiger partial charge in [0.1, 0.15) is 0 Å². The summed E-state index contributed by atoms with van der Waals surface area (Å²) in [5.74, 6) is 0. The summed E-state index contributed by atoms with van der Waals surface area (Å²) in [4.78, 5) is 0. The lowest BCUT2D eigenvalue weighted by Crippen LogP contribution is -2.50. The van der Waals surface area contributed by atoms with Crippen LogP contribution in [0.2, 0.25) is 0 Å². The third-order valence-electron chi connectivity index (χ3n) is 2.63. The molecule has 1 unspecified atom stereocenters. The first-order valence-electron chi connectivity index (χ1n) is 5.23. The van der Waals surface area contributed by atoms with E-state index >= 15 is 0 Å². The van der Waals surface area contributed by atoms with Crippen molar-refractivity contribution in [3.8, 4) is 0 Å². The summed E-state index contributed by atoms with van der Waals surface area (Å²) in [6.07, 6.45) is 3.90. The van der Waals surface area contributed by atoms with E-state index in [1.807, 2.05) is 13.8 Å². The van der Waals surface area contributed by atoms with Gasteiger partial charge in [-0.15, -0.1) is 0 Å². The highest BCUT2D eigenvalue weighted by molar-refractivity contribution is 4.81. The van der Waals surface area contributed by atoms with Gasteiger partial charge in [-0.05, 0) is 33.2 Å². The molecule has 78 valence electrons. The third kappa shape index (κ3) is 4.07. The molecule has 3 N–H and O–H groups in total. The lowest BCUT2D eigenvalue weighted by atomic mass is 10.0. The van der Waals surface area contributed by atoms with Crippen LogP contribution in [0.1, 0.15) is 33.1 Å². The molecule has 1 atom stereocenters. The van der Waals surface area contributed by atoms with Crippen LogP contribution in [0.3, 0.4) is 0 Å². The van der Waals surface area contributed by atoms with Gasteiger partial charge < -0.3 is 15.7 Å². The molecule has 0 spiro atoms. The van der Waals surface area contributed by atoms with E-state index in [-0.39, 0.29) is 12.1 Å². The Bertz CT molecular complexity index is 142. The topological polar surface area (TPSA) is 44.3 Å². The quantitative estimate of drug-likeness (QED) is 0.598. The van der Waals surface area contributed by atoms with E-state index in [9.17, 15) is 0 Å². The molecule has 3 nitrogen and oxygen atoms in total. The van der Waals surface area contributed by atoms with Crippen LogP contribution in [-0.4, -0.2) is 36.4 Å². The van der Waals surface area contributed by atoms with Crippen LogP contribution in [0.25, 0.3) is 0 Å². The first-order chi connectivity index (χ1) is 6.14. The molecule has 1 aliphatic rings. The fraction of sp³-hybridized carbons (Fsp3) is 1.00. The molecule has 1 aliphatic heterocycles. The molecule has 0 aliphatic carbocycles. The van der Waals surface area contributed by atoms with Gasteiger partial charge in [0, 0.05) is 18.1 Å². The maximum absolute atomic E-state index is 9.04. The van der Waals surface area contributed by atoms with Gasteiger partial charge in [-0.1, -0.05) is 6.42 Å². The molecule has 1 heterocycles. The van der Waals surface area contributed by atoms with Crippen LogP contribution in [0.4, 0.5) is 0 Å². The van der Waals surface area contributed by atoms with Crippen molar-refractivity contribution >= 4 is 0 Å². The molecule has 1 rings (SSSR count). The van der Waals surface area contributed by atoms with Crippen molar-refractivity contribution in [1.29, 1.82) is 0 Å². The van der Waals surface area contributed by atoms with Crippen molar-refractivity contribution in [2.24, 2.45) is 0 Å². The number of rotatable bonds is 4. The van der Waals surface area contributed by atoms with Crippen LogP contribution in [-0.2, 0) is 0 Å². The maximum Gasteiger partial charge on any atom is 0.0607 e. The van der Waals surface area contributed by atoms with E-state index in [0.29, 0.717) is 6.04 Å². The van der Waals surface area contributed by atoms with E-state index < -0.39 is 0 Å². The van der Waals surface area contributed by atoms with Gasteiger partial charge in [0.25, 0.3) is 0 Å². The lowest BCUT2D eigenvalue weighted by molar-refractivity contribution is 0.182. The van der Waals surface area contributed by atoms with Crippen LogP contribution in [0.15, 0.2) is 0 Å². The van der Waals surface area contributed by atoms with Crippen LogP contribution in [0, 0.1) is 0 Å². The van der Waals surface area contributed by atoms with Crippen LogP contribution in [0.5, 0.6) is 0 Å². The first-order valence-corrected chi connectivity index (χ1v) is 5.23. The molecule has 1 saturated heterocycles. The Labute approximate surface area is 80.9 Å². The van der Waals surface area contributed by atoms with Gasteiger partial charge in [-0.3, -0.25) is 0 Å². The SMILES string of the molecule is CC(C)(CO)NCC1CCCCN1. The fourth-order valence-corrected chi connectivity index (χ4v) is 1.55. The summed E-state index contributed by atoms with van der Waals surface area (Å²) < 4.78 is 0. The minimum absolute atomic E-state index is 0.140. The summed E-state index contributed by atoms with van der Waals surface area (Å²) in [5.41, 5.74) is -0.140. The average molecular weight is 186 g/mol. The van der Waals surface area contributed by atoms with Crippen molar-refractivity contribution in [3.05, 3.63) is 0 Å². The van der Waals surface area contributed by atoms with Crippen molar-refractivity contribution in [1.82, 2.24) is 10.6 Å². The smallest absolute Gasteiger partial charge is 0.0607 e. The largest absolute Gasteiger partial charge is 0.394 e. The lowest BCUT2D eigenvalue weighted by Gasteiger charge is -2.29. The molecule has 0 radical (unpaired) electrons. The minimum atomic E-state index is -0.140. The zero-order valence-corrected chi connectivity index (χ0v) is 8.77. The molecule has 0 saturated carbocycles. The molecule has 0 bridgehead atoms. The Balaban J connectivity index is 2.17. The molecule has 0 aromatic heterocycles. The summed E-state index contributed by atoms with van der Waals surface area (Å²) >= 11 is 0. The molecule has 3 heteroatoms. The van der Waals surface area contributed by atoms with E-state index in [4.69, 9.17) is 5.11 Å². The predicted octanol–water partition coefficient (Wildman–Crippen LogP) is 0.489. The van der Waals surface area contributed by atoms with Crippen LogP contribution >= 0.6 is 0 Å². The van der Waals surface area contributed by atoms with Gasteiger partial charge in [-0.2, -0.15) is 0 Å². The van der Waals surface area contributed by atoms with Gasteiger partial charge in [0.05, 0.1) is 6.61 Å². The second-order valence-corrected chi connectivity index (χ2v) is 4.57. The molecule has 0 aromatic rings. The number of aliphatic hydroxyl groups excluding tert-OH is 1. The van der Waals surface area contributed by atoms with Crippen molar-refractivity contribution in [2.75, 3.05) is 19.7 Å². The van der Waals surface area contributed by atoms with Crippen molar-refractivity contribution < 1.29 is 5.11 Å². The molecule has 13 heavy (non-hydrogen) atoms. The highest BCUT2D eigenvalue weighted by Crippen LogP contribution is 2.07. The Kier molecular flexibility index (Phi) is 4.16. The zero-order chi connectivity index (χ0) is 9.73. The van der Waals surface area contributed by atoms with Crippen molar-refractivity contribution in [2.45, 2.75) is 44.7 Å².